The zero-order valence-electron chi connectivity index (χ0n) is 5.96. The number of nitrogens with zero attached hydrogens (tertiary/aromatic N) is 2. The molecule has 0 amide bonds. The predicted molar refractivity (Wildman–Crippen MR) is 34.1 cm³/mol. The molecule has 11 heavy (non-hydrogen) atoms. The lowest BCUT2D eigenvalue weighted by Gasteiger charge is -1.99. The number of hydrogen-bond acceptors (Lipinski definition) is 2. The number of halogens is 2. The smallest absolute Gasteiger partial charge is 0.319 e. The van der Waals surface area contributed by atoms with Gasteiger partial charge in [-0.1, -0.05) is 0 Å². The third kappa shape index (κ3) is 1.54. The highest BCUT2D eigenvalue weighted by Crippen LogP contribution is 2.13. The average Bonchev–Trinajstić information content (AvgIpc) is 2.30. The van der Waals surface area contributed by atoms with E-state index in [2.05, 4.69) is 4.98 Å². The minimum atomic E-state index is -2.58. The van der Waals surface area contributed by atoms with E-state index in [1.165, 1.54) is 6.92 Å². The molecule has 1 heterocycles. The van der Waals surface area contributed by atoms with Gasteiger partial charge in [-0.2, -0.15) is 8.78 Å². The van der Waals surface area contributed by atoms with Crippen molar-refractivity contribution < 1.29 is 13.9 Å². The summed E-state index contributed by atoms with van der Waals surface area (Å²) in [6, 6.07) is 0. The Morgan fingerprint density at radius 1 is 1.73 bits per heavy atom. The fourth-order valence-corrected chi connectivity index (χ4v) is 0.822. The quantitative estimate of drug-likeness (QED) is 0.706. The van der Waals surface area contributed by atoms with E-state index in [1.54, 1.807) is 0 Å². The Bertz CT molecular complexity index is 247. The Labute approximate surface area is 62.3 Å². The Morgan fingerprint density at radius 3 is 2.64 bits per heavy atom. The van der Waals surface area contributed by atoms with Gasteiger partial charge in [0.2, 0.25) is 0 Å². The highest BCUT2D eigenvalue weighted by atomic mass is 19.3. The van der Waals surface area contributed by atoms with E-state index in [0.717, 1.165) is 6.20 Å². The standard InChI is InChI=1S/C6H8F2N2O/c1-4-9-5(3-11)2-10(4)6(7)8/h2,6,11H,3H2,1H3. The van der Waals surface area contributed by atoms with Crippen LogP contribution in [0.2, 0.25) is 0 Å². The molecule has 0 bridgehead atoms. The first-order chi connectivity index (χ1) is 5.15. The molecule has 1 aromatic heterocycles. The molecule has 0 aliphatic rings. The molecule has 0 spiro atoms. The van der Waals surface area contributed by atoms with Gasteiger partial charge in [-0.25, -0.2) is 4.98 Å². The molecule has 5 heteroatoms. The Balaban J connectivity index is 2.97. The number of aryl methyl sites for hydroxylation is 1. The highest BCUT2D eigenvalue weighted by Gasteiger charge is 2.10. The van der Waals surface area contributed by atoms with Gasteiger partial charge < -0.3 is 5.11 Å². The van der Waals surface area contributed by atoms with Crippen LogP contribution in [-0.4, -0.2) is 14.7 Å². The van der Waals surface area contributed by atoms with E-state index in [1.807, 2.05) is 0 Å². The van der Waals surface area contributed by atoms with Gasteiger partial charge in [0, 0.05) is 6.20 Å². The highest BCUT2D eigenvalue weighted by molar-refractivity contribution is 5.01. The second kappa shape index (κ2) is 2.96. The van der Waals surface area contributed by atoms with Crippen LogP contribution in [0.4, 0.5) is 8.78 Å². The van der Waals surface area contributed by atoms with Crippen molar-refractivity contribution >= 4 is 0 Å². The summed E-state index contributed by atoms with van der Waals surface area (Å²) in [6.45, 7) is -1.42. The van der Waals surface area contributed by atoms with Crippen LogP contribution in [0.5, 0.6) is 0 Å². The summed E-state index contributed by atoms with van der Waals surface area (Å²) in [4.78, 5) is 3.68. The van der Waals surface area contributed by atoms with Crippen LogP contribution in [0.1, 0.15) is 18.1 Å². The van der Waals surface area contributed by atoms with Crippen LogP contribution in [-0.2, 0) is 6.61 Å². The van der Waals surface area contributed by atoms with Gasteiger partial charge in [-0.05, 0) is 6.92 Å². The number of aliphatic hydroxyl groups is 1. The third-order valence-corrected chi connectivity index (χ3v) is 1.34. The predicted octanol–water partition coefficient (Wildman–Crippen LogP) is 1.08. The van der Waals surface area contributed by atoms with E-state index in [-0.39, 0.29) is 18.1 Å². The molecule has 3 nitrogen and oxygen atoms in total. The molecular formula is C6H8F2N2O. The number of aromatic nitrogens is 2. The Kier molecular flexibility index (Phi) is 2.19. The maximum absolute atomic E-state index is 12.0. The van der Waals surface area contributed by atoms with Gasteiger partial charge in [0.15, 0.2) is 0 Å². The number of alkyl halides is 2. The minimum Gasteiger partial charge on any atom is -0.390 e. The van der Waals surface area contributed by atoms with Gasteiger partial charge >= 0.3 is 6.55 Å². The molecule has 0 saturated carbocycles. The summed E-state index contributed by atoms with van der Waals surface area (Å²) in [5.41, 5.74) is 0.266. The SMILES string of the molecule is Cc1nc(CO)cn1C(F)F. The van der Waals surface area contributed by atoms with Crippen molar-refractivity contribution in [2.75, 3.05) is 0 Å². The van der Waals surface area contributed by atoms with Crippen molar-refractivity contribution in [1.29, 1.82) is 0 Å². The topological polar surface area (TPSA) is 38.1 Å². The van der Waals surface area contributed by atoms with Crippen molar-refractivity contribution in [2.24, 2.45) is 0 Å². The van der Waals surface area contributed by atoms with E-state index >= 15 is 0 Å². The van der Waals surface area contributed by atoms with Gasteiger partial charge in [-0.15, -0.1) is 0 Å². The summed E-state index contributed by atoms with van der Waals surface area (Å²) >= 11 is 0. The van der Waals surface area contributed by atoms with Crippen LogP contribution in [0.15, 0.2) is 6.20 Å². The lowest BCUT2D eigenvalue weighted by molar-refractivity contribution is 0.0678. The summed E-state index contributed by atoms with van der Waals surface area (Å²) in [5.74, 6) is 0.212. The van der Waals surface area contributed by atoms with Crippen LogP contribution in [0.25, 0.3) is 0 Å². The lowest BCUT2D eigenvalue weighted by Crippen LogP contribution is -1.98. The first kappa shape index (κ1) is 8.13. The molecule has 0 aromatic carbocycles. The van der Waals surface area contributed by atoms with Crippen molar-refractivity contribution in [3.05, 3.63) is 17.7 Å². The molecule has 62 valence electrons. The first-order valence-electron chi connectivity index (χ1n) is 3.08. The second-order valence-electron chi connectivity index (χ2n) is 2.12. The van der Waals surface area contributed by atoms with Gasteiger partial charge in [0.05, 0.1) is 12.3 Å². The van der Waals surface area contributed by atoms with Crippen molar-refractivity contribution in [3.63, 3.8) is 0 Å². The number of hydrogen-bond donors (Lipinski definition) is 1. The van der Waals surface area contributed by atoms with Crippen LogP contribution in [0.3, 0.4) is 0 Å². The van der Waals surface area contributed by atoms with E-state index in [0.29, 0.717) is 4.57 Å². The molecular weight excluding hydrogens is 154 g/mol. The zero-order valence-corrected chi connectivity index (χ0v) is 5.96. The summed E-state index contributed by atoms with van der Waals surface area (Å²) < 4.78 is 24.8. The van der Waals surface area contributed by atoms with Crippen molar-refractivity contribution in [3.8, 4) is 0 Å². The average molecular weight is 162 g/mol. The van der Waals surface area contributed by atoms with Gasteiger partial charge in [-0.3, -0.25) is 4.57 Å². The number of imidazole rings is 1. The van der Waals surface area contributed by atoms with Crippen molar-refractivity contribution in [1.82, 2.24) is 9.55 Å². The molecule has 0 aliphatic carbocycles. The van der Waals surface area contributed by atoms with E-state index < -0.39 is 6.55 Å². The normalized spacial score (nSPS) is 11.0. The first-order valence-corrected chi connectivity index (χ1v) is 3.08. The molecule has 0 atom stereocenters. The maximum Gasteiger partial charge on any atom is 0.319 e. The molecule has 0 unspecified atom stereocenters. The van der Waals surface area contributed by atoms with Crippen LogP contribution in [0, 0.1) is 6.92 Å². The molecule has 1 N–H and O–H groups in total. The fourth-order valence-electron chi connectivity index (χ4n) is 0.822. The van der Waals surface area contributed by atoms with E-state index in [4.69, 9.17) is 5.11 Å². The molecule has 1 rings (SSSR count). The monoisotopic (exact) mass is 162 g/mol. The third-order valence-electron chi connectivity index (χ3n) is 1.34. The maximum atomic E-state index is 12.0. The van der Waals surface area contributed by atoms with Gasteiger partial charge in [0.1, 0.15) is 5.82 Å². The molecule has 0 fully saturated rings. The minimum absolute atomic E-state index is 0.212. The Hall–Kier alpha value is -0.970. The number of rotatable bonds is 2. The summed E-state index contributed by atoms with van der Waals surface area (Å²) in [6.07, 6.45) is 1.14. The largest absolute Gasteiger partial charge is 0.390 e. The van der Waals surface area contributed by atoms with E-state index in [9.17, 15) is 8.78 Å². The molecule has 0 aliphatic heterocycles. The Morgan fingerprint density at radius 2 is 2.36 bits per heavy atom. The molecule has 0 radical (unpaired) electrons. The fraction of sp³-hybridized carbons (Fsp3) is 0.500. The lowest BCUT2D eigenvalue weighted by atomic mass is 10.5. The van der Waals surface area contributed by atoms with Crippen LogP contribution >= 0.6 is 0 Å². The number of aliphatic hydroxyl groups excluding tert-OH is 1. The van der Waals surface area contributed by atoms with Crippen LogP contribution < -0.4 is 0 Å². The summed E-state index contributed by atoms with van der Waals surface area (Å²) in [7, 11) is 0. The zero-order chi connectivity index (χ0) is 8.43. The molecule has 0 saturated heterocycles. The second-order valence-corrected chi connectivity index (χ2v) is 2.12. The van der Waals surface area contributed by atoms with Gasteiger partial charge in [0.25, 0.3) is 0 Å². The molecule has 1 aromatic rings. The summed E-state index contributed by atoms with van der Waals surface area (Å²) in [5, 5.41) is 8.54. The van der Waals surface area contributed by atoms with Crippen molar-refractivity contribution in [2.45, 2.75) is 20.1 Å².